The van der Waals surface area contributed by atoms with Gasteiger partial charge in [-0.25, -0.2) is 0 Å². The fourth-order valence-electron chi connectivity index (χ4n) is 2.25. The van der Waals surface area contributed by atoms with E-state index >= 15 is 0 Å². The number of nitrogens with one attached hydrogen (secondary N) is 1. The first-order valence-electron chi connectivity index (χ1n) is 6.92. The highest BCUT2D eigenvalue weighted by molar-refractivity contribution is 9.10. The van der Waals surface area contributed by atoms with Gasteiger partial charge in [-0.3, -0.25) is 0 Å². The lowest BCUT2D eigenvalue weighted by Crippen LogP contribution is -2.16. The van der Waals surface area contributed by atoms with Crippen LogP contribution >= 0.6 is 39.1 Å². The number of hydrogen-bond donors (Lipinski definition) is 1. The van der Waals surface area contributed by atoms with Crippen molar-refractivity contribution in [1.82, 2.24) is 0 Å². The van der Waals surface area contributed by atoms with Gasteiger partial charge in [0, 0.05) is 10.5 Å². The zero-order valence-corrected chi connectivity index (χ0v) is 15.2. The Morgan fingerprint density at radius 3 is 2.43 bits per heavy atom. The van der Waals surface area contributed by atoms with Crippen LogP contribution in [0.15, 0.2) is 40.9 Å². The molecule has 2 aromatic rings. The van der Waals surface area contributed by atoms with Crippen LogP contribution in [-0.2, 0) is 6.42 Å². The zero-order valence-electron chi connectivity index (χ0n) is 12.1. The molecule has 0 saturated carbocycles. The quantitative estimate of drug-likeness (QED) is 0.618. The molecule has 0 fully saturated rings. The van der Waals surface area contributed by atoms with Gasteiger partial charge in [-0.05, 0) is 44.4 Å². The van der Waals surface area contributed by atoms with Gasteiger partial charge in [0.1, 0.15) is 0 Å². The minimum absolute atomic E-state index is 0.293. The zero-order chi connectivity index (χ0) is 15.4. The molecule has 0 aliphatic heterocycles. The largest absolute Gasteiger partial charge is 0.380 e. The van der Waals surface area contributed by atoms with Crippen molar-refractivity contribution in [3.63, 3.8) is 0 Å². The monoisotopic (exact) mass is 385 g/mol. The molecule has 1 N–H and O–H groups in total. The summed E-state index contributed by atoms with van der Waals surface area (Å²) in [6.45, 7) is 4.26. The fraction of sp³-hybridized carbons (Fsp3) is 0.294. The summed E-state index contributed by atoms with van der Waals surface area (Å²) in [7, 11) is 0. The normalized spacial score (nSPS) is 12.2. The lowest BCUT2D eigenvalue weighted by Gasteiger charge is -2.18. The van der Waals surface area contributed by atoms with Gasteiger partial charge in [-0.15, -0.1) is 0 Å². The molecule has 0 aliphatic rings. The smallest absolute Gasteiger partial charge is 0.0721 e. The molecule has 112 valence electrons. The molecule has 4 heteroatoms. The molecular weight excluding hydrogens is 369 g/mol. The number of hydrogen-bond acceptors (Lipinski definition) is 1. The molecule has 0 spiro atoms. The van der Waals surface area contributed by atoms with Gasteiger partial charge in [0.15, 0.2) is 0 Å². The summed E-state index contributed by atoms with van der Waals surface area (Å²) in [6, 6.07) is 12.6. The van der Waals surface area contributed by atoms with Crippen molar-refractivity contribution in [2.75, 3.05) is 5.32 Å². The van der Waals surface area contributed by atoms with E-state index in [4.69, 9.17) is 23.2 Å². The van der Waals surface area contributed by atoms with E-state index < -0.39 is 0 Å². The lowest BCUT2D eigenvalue weighted by atomic mass is 10.0. The van der Waals surface area contributed by atoms with E-state index in [2.05, 4.69) is 59.4 Å². The number of aryl methyl sites for hydroxylation is 2. The summed E-state index contributed by atoms with van der Waals surface area (Å²) >= 11 is 15.9. The highest BCUT2D eigenvalue weighted by Gasteiger charge is 2.10. The first-order chi connectivity index (χ1) is 9.95. The van der Waals surface area contributed by atoms with Crippen LogP contribution in [0.5, 0.6) is 0 Å². The number of rotatable bonds is 5. The second-order valence-corrected chi connectivity index (χ2v) is 7.05. The molecule has 2 aromatic carbocycles. The van der Waals surface area contributed by atoms with E-state index in [0.717, 1.165) is 23.0 Å². The van der Waals surface area contributed by atoms with Crippen LogP contribution in [0.2, 0.25) is 10.0 Å². The van der Waals surface area contributed by atoms with Crippen molar-refractivity contribution < 1.29 is 0 Å². The summed E-state index contributed by atoms with van der Waals surface area (Å²) in [5, 5.41) is 4.68. The third-order valence-corrected chi connectivity index (χ3v) is 4.40. The molecule has 0 saturated heterocycles. The van der Waals surface area contributed by atoms with E-state index in [1.807, 2.05) is 12.1 Å². The Bertz CT molecular complexity index is 605. The minimum Gasteiger partial charge on any atom is -0.380 e. The topological polar surface area (TPSA) is 12.0 Å². The maximum atomic E-state index is 6.24. The molecule has 0 radical (unpaired) electrons. The molecule has 0 heterocycles. The van der Waals surface area contributed by atoms with Crippen molar-refractivity contribution in [2.24, 2.45) is 0 Å². The van der Waals surface area contributed by atoms with Crippen LogP contribution in [0, 0.1) is 6.92 Å². The van der Waals surface area contributed by atoms with Crippen molar-refractivity contribution in [2.45, 2.75) is 32.7 Å². The Morgan fingerprint density at radius 1 is 1.14 bits per heavy atom. The fourth-order valence-corrected chi connectivity index (χ4v) is 3.57. The number of halogens is 3. The van der Waals surface area contributed by atoms with Gasteiger partial charge in [-0.2, -0.15) is 0 Å². The summed E-state index contributed by atoms with van der Waals surface area (Å²) < 4.78 is 0.885. The summed E-state index contributed by atoms with van der Waals surface area (Å²) in [5.41, 5.74) is 3.46. The molecule has 0 bridgehead atoms. The van der Waals surface area contributed by atoms with Crippen LogP contribution in [0.1, 0.15) is 24.5 Å². The summed E-state index contributed by atoms with van der Waals surface area (Å²) in [5.74, 6) is 0. The molecule has 21 heavy (non-hydrogen) atoms. The molecule has 2 rings (SSSR count). The molecular formula is C17H18BrCl2N. The predicted octanol–water partition coefficient (Wildman–Crippen LogP) is 6.50. The average Bonchev–Trinajstić information content (AvgIpc) is 2.40. The van der Waals surface area contributed by atoms with Crippen molar-refractivity contribution in [1.29, 1.82) is 0 Å². The maximum absolute atomic E-state index is 6.24. The van der Waals surface area contributed by atoms with Gasteiger partial charge in [0.05, 0.1) is 15.7 Å². The Balaban J connectivity index is 1.97. The van der Waals surface area contributed by atoms with Crippen molar-refractivity contribution >= 4 is 44.8 Å². The van der Waals surface area contributed by atoms with Gasteiger partial charge >= 0.3 is 0 Å². The molecule has 0 aromatic heterocycles. The SMILES string of the molecule is Cc1cccc(CCC(C)Nc2c(Cl)cc(Br)cc2Cl)c1. The second-order valence-electron chi connectivity index (χ2n) is 5.32. The van der Waals surface area contributed by atoms with Crippen LogP contribution in [0.25, 0.3) is 0 Å². The summed E-state index contributed by atoms with van der Waals surface area (Å²) in [6.07, 6.45) is 2.05. The standard InChI is InChI=1S/C17H18BrCl2N/c1-11-4-3-5-13(8-11)7-6-12(2)21-17-15(19)9-14(18)10-16(17)20/h3-5,8-10,12,21H,6-7H2,1-2H3. The third kappa shape index (κ3) is 4.91. The predicted molar refractivity (Wildman–Crippen MR) is 96.7 cm³/mol. The van der Waals surface area contributed by atoms with Gasteiger partial charge in [-0.1, -0.05) is 69.0 Å². The Hall–Kier alpha value is -0.700. The molecule has 1 unspecified atom stereocenters. The molecule has 1 nitrogen and oxygen atoms in total. The Kier molecular flexibility index (Phi) is 5.98. The highest BCUT2D eigenvalue weighted by atomic mass is 79.9. The highest BCUT2D eigenvalue weighted by Crippen LogP contribution is 2.34. The first kappa shape index (κ1) is 16.7. The first-order valence-corrected chi connectivity index (χ1v) is 8.47. The lowest BCUT2D eigenvalue weighted by molar-refractivity contribution is 0.706. The van der Waals surface area contributed by atoms with Gasteiger partial charge in [0.2, 0.25) is 0 Å². The second kappa shape index (κ2) is 7.53. The van der Waals surface area contributed by atoms with E-state index in [0.29, 0.717) is 16.1 Å². The van der Waals surface area contributed by atoms with E-state index in [1.54, 1.807) is 0 Å². The number of anilines is 1. The van der Waals surface area contributed by atoms with E-state index in [1.165, 1.54) is 11.1 Å². The molecule has 0 amide bonds. The van der Waals surface area contributed by atoms with Crippen LogP contribution in [-0.4, -0.2) is 6.04 Å². The average molecular weight is 387 g/mol. The third-order valence-electron chi connectivity index (χ3n) is 3.35. The van der Waals surface area contributed by atoms with Crippen molar-refractivity contribution in [3.8, 4) is 0 Å². The number of benzene rings is 2. The van der Waals surface area contributed by atoms with Gasteiger partial charge < -0.3 is 5.32 Å². The summed E-state index contributed by atoms with van der Waals surface area (Å²) in [4.78, 5) is 0. The van der Waals surface area contributed by atoms with Gasteiger partial charge in [0.25, 0.3) is 0 Å². The Morgan fingerprint density at radius 2 is 1.81 bits per heavy atom. The van der Waals surface area contributed by atoms with Crippen LogP contribution < -0.4 is 5.32 Å². The molecule has 0 aliphatic carbocycles. The van der Waals surface area contributed by atoms with E-state index in [-0.39, 0.29) is 0 Å². The minimum atomic E-state index is 0.293. The maximum Gasteiger partial charge on any atom is 0.0721 e. The molecule has 1 atom stereocenters. The Labute approximate surface area is 144 Å². The van der Waals surface area contributed by atoms with E-state index in [9.17, 15) is 0 Å². The van der Waals surface area contributed by atoms with Crippen LogP contribution in [0.4, 0.5) is 5.69 Å². The van der Waals surface area contributed by atoms with Crippen LogP contribution in [0.3, 0.4) is 0 Å². The van der Waals surface area contributed by atoms with Crippen molar-refractivity contribution in [3.05, 3.63) is 62.0 Å².